The maximum absolute atomic E-state index is 4.72. The Morgan fingerprint density at radius 3 is 2.56 bits per heavy atom. The molecule has 4 heteroatoms. The van der Waals surface area contributed by atoms with E-state index in [9.17, 15) is 0 Å². The second kappa shape index (κ2) is 5.29. The maximum Gasteiger partial charge on any atom is 0.143 e. The summed E-state index contributed by atoms with van der Waals surface area (Å²) in [7, 11) is 1.93. The molecule has 1 saturated carbocycles. The average molecular weight is 331 g/mol. The fourth-order valence-corrected chi connectivity index (χ4v) is 3.26. The van der Waals surface area contributed by atoms with Gasteiger partial charge >= 0.3 is 0 Å². The molecule has 0 radical (unpaired) electrons. The molecule has 2 rings (SSSR count). The van der Waals surface area contributed by atoms with E-state index in [4.69, 9.17) is 4.98 Å². The number of rotatable bonds is 3. The highest BCUT2D eigenvalue weighted by Gasteiger charge is 2.23. The summed E-state index contributed by atoms with van der Waals surface area (Å²) in [6, 6.07) is 0. The summed E-state index contributed by atoms with van der Waals surface area (Å²) >= 11 is 2.38. The molecular formula is C12H18IN3. The molecule has 0 unspecified atom stereocenters. The van der Waals surface area contributed by atoms with Gasteiger partial charge in [0.2, 0.25) is 0 Å². The first-order valence-corrected chi connectivity index (χ1v) is 7.08. The maximum atomic E-state index is 4.72. The van der Waals surface area contributed by atoms with E-state index in [0.717, 1.165) is 18.1 Å². The summed E-state index contributed by atoms with van der Waals surface area (Å²) in [5.41, 5.74) is 1.27. The van der Waals surface area contributed by atoms with E-state index in [1.165, 1.54) is 34.9 Å². The summed E-state index contributed by atoms with van der Waals surface area (Å²) in [6.07, 6.45) is 6.19. The number of nitrogens with one attached hydrogen (secondary N) is 1. The smallest absolute Gasteiger partial charge is 0.143 e. The van der Waals surface area contributed by atoms with Gasteiger partial charge in [-0.25, -0.2) is 9.97 Å². The highest BCUT2D eigenvalue weighted by atomic mass is 127. The summed E-state index contributed by atoms with van der Waals surface area (Å²) < 4.78 is 1.21. The first-order chi connectivity index (χ1) is 7.76. The molecule has 0 atom stereocenters. The lowest BCUT2D eigenvalue weighted by molar-refractivity contribution is 0.680. The van der Waals surface area contributed by atoms with Gasteiger partial charge in [-0.05, 0) is 35.4 Å². The fourth-order valence-electron chi connectivity index (χ4n) is 2.31. The molecule has 0 bridgehead atoms. The molecule has 88 valence electrons. The summed E-state index contributed by atoms with van der Waals surface area (Å²) in [4.78, 5) is 9.23. The highest BCUT2D eigenvalue weighted by molar-refractivity contribution is 14.1. The minimum absolute atomic E-state index is 0.660. The van der Waals surface area contributed by atoms with Crippen LogP contribution in [0.3, 0.4) is 0 Å². The zero-order valence-corrected chi connectivity index (χ0v) is 12.0. The van der Waals surface area contributed by atoms with Crippen LogP contribution in [0.25, 0.3) is 0 Å². The van der Waals surface area contributed by atoms with Gasteiger partial charge in [0.05, 0.1) is 9.26 Å². The lowest BCUT2D eigenvalue weighted by Crippen LogP contribution is -2.09. The van der Waals surface area contributed by atoms with Gasteiger partial charge in [-0.1, -0.05) is 19.8 Å². The van der Waals surface area contributed by atoms with Gasteiger partial charge < -0.3 is 5.32 Å². The first kappa shape index (κ1) is 12.1. The second-order valence-electron chi connectivity index (χ2n) is 4.27. The number of anilines is 1. The zero-order valence-electron chi connectivity index (χ0n) is 9.89. The minimum atomic E-state index is 0.660. The summed E-state index contributed by atoms with van der Waals surface area (Å²) in [5, 5.41) is 3.18. The molecule has 0 spiro atoms. The molecule has 1 aromatic heterocycles. The van der Waals surface area contributed by atoms with E-state index < -0.39 is 0 Å². The van der Waals surface area contributed by atoms with Crippen molar-refractivity contribution in [2.45, 2.75) is 44.9 Å². The van der Waals surface area contributed by atoms with Gasteiger partial charge in [-0.2, -0.15) is 0 Å². The Balaban J connectivity index is 2.41. The van der Waals surface area contributed by atoms with E-state index in [1.807, 2.05) is 7.05 Å². The molecule has 0 saturated heterocycles. The highest BCUT2D eigenvalue weighted by Crippen LogP contribution is 2.36. The van der Waals surface area contributed by atoms with Crippen molar-refractivity contribution < 1.29 is 0 Å². The minimum Gasteiger partial charge on any atom is -0.372 e. The number of halogens is 1. The quantitative estimate of drug-likeness (QED) is 0.864. The molecule has 1 N–H and O–H groups in total. The van der Waals surface area contributed by atoms with Crippen molar-refractivity contribution in [2.75, 3.05) is 12.4 Å². The number of aryl methyl sites for hydroxylation is 1. The third-order valence-electron chi connectivity index (χ3n) is 3.22. The monoisotopic (exact) mass is 331 g/mol. The van der Waals surface area contributed by atoms with Crippen LogP contribution in [0, 0.1) is 3.57 Å². The number of hydrogen-bond donors (Lipinski definition) is 1. The molecule has 0 aliphatic heterocycles. The van der Waals surface area contributed by atoms with Gasteiger partial charge in [0.15, 0.2) is 0 Å². The molecule has 16 heavy (non-hydrogen) atoms. The van der Waals surface area contributed by atoms with Crippen molar-refractivity contribution >= 4 is 28.4 Å². The molecule has 1 aliphatic carbocycles. The Labute approximate surface area is 111 Å². The lowest BCUT2D eigenvalue weighted by atomic mass is 10.0. The van der Waals surface area contributed by atoms with E-state index in [2.05, 4.69) is 39.8 Å². The third kappa shape index (κ3) is 2.31. The van der Waals surface area contributed by atoms with Crippen LogP contribution < -0.4 is 5.32 Å². The first-order valence-electron chi connectivity index (χ1n) is 6.00. The Morgan fingerprint density at radius 2 is 2.00 bits per heavy atom. The Morgan fingerprint density at radius 1 is 1.31 bits per heavy atom. The standard InChI is InChI=1S/C12H18IN3/c1-3-9-15-11(8-6-4-5-7-8)10(13)12(14-2)16-9/h8H,3-7H2,1-2H3,(H,14,15,16). The van der Waals surface area contributed by atoms with E-state index in [-0.39, 0.29) is 0 Å². The van der Waals surface area contributed by atoms with Gasteiger partial charge in [-0.15, -0.1) is 0 Å². The van der Waals surface area contributed by atoms with E-state index >= 15 is 0 Å². The Hall–Kier alpha value is -0.390. The predicted molar refractivity (Wildman–Crippen MR) is 74.9 cm³/mol. The second-order valence-corrected chi connectivity index (χ2v) is 5.35. The van der Waals surface area contributed by atoms with Gasteiger partial charge in [0.1, 0.15) is 11.6 Å². The molecule has 1 fully saturated rings. The number of hydrogen-bond acceptors (Lipinski definition) is 3. The normalized spacial score (nSPS) is 16.7. The van der Waals surface area contributed by atoms with Gasteiger partial charge in [0.25, 0.3) is 0 Å². The van der Waals surface area contributed by atoms with Crippen LogP contribution in [0.2, 0.25) is 0 Å². The SMILES string of the molecule is CCc1nc(NC)c(I)c(C2CCCC2)n1. The molecule has 0 amide bonds. The van der Waals surface area contributed by atoms with Crippen molar-refractivity contribution in [1.29, 1.82) is 0 Å². The predicted octanol–water partition coefficient (Wildman–Crippen LogP) is 3.34. The van der Waals surface area contributed by atoms with Crippen LogP contribution in [-0.2, 0) is 6.42 Å². The van der Waals surface area contributed by atoms with Crippen LogP contribution in [0.15, 0.2) is 0 Å². The molecule has 0 aromatic carbocycles. The topological polar surface area (TPSA) is 37.8 Å². The van der Waals surface area contributed by atoms with Crippen LogP contribution in [0.5, 0.6) is 0 Å². The van der Waals surface area contributed by atoms with Crippen LogP contribution in [0.4, 0.5) is 5.82 Å². The van der Waals surface area contributed by atoms with Gasteiger partial charge in [0, 0.05) is 19.4 Å². The fraction of sp³-hybridized carbons (Fsp3) is 0.667. The van der Waals surface area contributed by atoms with Crippen LogP contribution in [0.1, 0.15) is 50.0 Å². The molecule has 1 aliphatic rings. The molecule has 3 nitrogen and oxygen atoms in total. The lowest BCUT2D eigenvalue weighted by Gasteiger charge is -2.14. The zero-order chi connectivity index (χ0) is 11.5. The van der Waals surface area contributed by atoms with E-state index in [0.29, 0.717) is 5.92 Å². The molecular weight excluding hydrogens is 313 g/mol. The van der Waals surface area contributed by atoms with Crippen molar-refractivity contribution in [3.05, 3.63) is 15.1 Å². The summed E-state index contributed by atoms with van der Waals surface area (Å²) in [5.74, 6) is 2.62. The Kier molecular flexibility index (Phi) is 4.00. The van der Waals surface area contributed by atoms with Crippen molar-refractivity contribution in [2.24, 2.45) is 0 Å². The van der Waals surface area contributed by atoms with Gasteiger partial charge in [-0.3, -0.25) is 0 Å². The number of nitrogens with zero attached hydrogens (tertiary/aromatic N) is 2. The Bertz CT molecular complexity index is 373. The van der Waals surface area contributed by atoms with Crippen molar-refractivity contribution in [1.82, 2.24) is 9.97 Å². The average Bonchev–Trinajstić information content (AvgIpc) is 2.83. The van der Waals surface area contributed by atoms with E-state index in [1.54, 1.807) is 0 Å². The number of aromatic nitrogens is 2. The molecule has 1 aromatic rings. The summed E-state index contributed by atoms with van der Waals surface area (Å²) in [6.45, 7) is 2.11. The molecule has 1 heterocycles. The third-order valence-corrected chi connectivity index (χ3v) is 4.28. The largest absolute Gasteiger partial charge is 0.372 e. The van der Waals surface area contributed by atoms with Crippen molar-refractivity contribution in [3.63, 3.8) is 0 Å². The van der Waals surface area contributed by atoms with Crippen molar-refractivity contribution in [3.8, 4) is 0 Å². The van der Waals surface area contributed by atoms with Crippen LogP contribution >= 0.6 is 22.6 Å². The van der Waals surface area contributed by atoms with Crippen LogP contribution in [-0.4, -0.2) is 17.0 Å².